The number of hydrogen-bond donors (Lipinski definition) is 2. The third-order valence-corrected chi connectivity index (χ3v) is 4.04. The van der Waals surface area contributed by atoms with Crippen molar-refractivity contribution in [2.75, 3.05) is 26.0 Å². The molecule has 0 aliphatic heterocycles. The van der Waals surface area contributed by atoms with Crippen LogP contribution >= 0.6 is 11.3 Å². The Morgan fingerprint density at radius 2 is 2.04 bits per heavy atom. The van der Waals surface area contributed by atoms with Crippen molar-refractivity contribution in [3.63, 3.8) is 0 Å². The minimum atomic E-state index is -0.0898. The largest absolute Gasteiger partial charge is 0.352 e. The maximum atomic E-state index is 12.0. The molecule has 24 heavy (non-hydrogen) atoms. The molecular formula is C18H23N3O2S. The highest BCUT2D eigenvalue weighted by Crippen LogP contribution is 2.12. The Balaban J connectivity index is 1.70. The fraction of sp³-hybridized carbons (Fsp3) is 0.333. The van der Waals surface area contributed by atoms with E-state index in [4.69, 9.17) is 0 Å². The highest BCUT2D eigenvalue weighted by molar-refractivity contribution is 7.08. The molecule has 1 aromatic carbocycles. The fourth-order valence-corrected chi connectivity index (χ4v) is 2.92. The number of benzene rings is 1. The molecule has 0 aliphatic carbocycles. The van der Waals surface area contributed by atoms with Gasteiger partial charge >= 0.3 is 0 Å². The summed E-state index contributed by atoms with van der Waals surface area (Å²) in [6.07, 6.45) is 0.987. The lowest BCUT2D eigenvalue weighted by Gasteiger charge is -2.11. The number of anilines is 1. The van der Waals surface area contributed by atoms with Crippen molar-refractivity contribution in [1.29, 1.82) is 0 Å². The summed E-state index contributed by atoms with van der Waals surface area (Å²) in [6, 6.07) is 9.63. The van der Waals surface area contributed by atoms with Crippen LogP contribution < -0.4 is 10.6 Å². The lowest BCUT2D eigenvalue weighted by Crippen LogP contribution is -2.25. The van der Waals surface area contributed by atoms with E-state index in [2.05, 4.69) is 15.5 Å². The standard InChI is InChI=1S/C18H23N3O2S/c1-21(2)12-14-5-3-6-16(11-14)20-17(22)7-4-9-19-18(23)15-8-10-24-13-15/h3,5-6,8,10-11,13H,4,7,9,12H2,1-2H3,(H,19,23)(H,20,22). The number of nitrogens with one attached hydrogen (secondary N) is 2. The zero-order chi connectivity index (χ0) is 17.4. The molecule has 2 rings (SSSR count). The van der Waals surface area contributed by atoms with Gasteiger partial charge in [0.05, 0.1) is 0 Å². The zero-order valence-electron chi connectivity index (χ0n) is 14.0. The number of nitrogens with zero attached hydrogens (tertiary/aromatic N) is 1. The van der Waals surface area contributed by atoms with Crippen LogP contribution in [0.15, 0.2) is 41.1 Å². The SMILES string of the molecule is CN(C)Cc1cccc(NC(=O)CCCNC(=O)c2ccsc2)c1. The predicted molar refractivity (Wildman–Crippen MR) is 98.3 cm³/mol. The third-order valence-electron chi connectivity index (χ3n) is 3.36. The summed E-state index contributed by atoms with van der Waals surface area (Å²) >= 11 is 1.49. The van der Waals surface area contributed by atoms with Crippen molar-refractivity contribution in [2.45, 2.75) is 19.4 Å². The molecule has 0 atom stereocenters. The average Bonchev–Trinajstić information content (AvgIpc) is 3.05. The quantitative estimate of drug-likeness (QED) is 0.723. The van der Waals surface area contributed by atoms with Gasteiger partial charge in [0.1, 0.15) is 0 Å². The van der Waals surface area contributed by atoms with Gasteiger partial charge in [0.25, 0.3) is 5.91 Å². The highest BCUT2D eigenvalue weighted by Gasteiger charge is 2.06. The molecule has 1 heterocycles. The third kappa shape index (κ3) is 6.14. The Kier molecular flexibility index (Phi) is 6.96. The van der Waals surface area contributed by atoms with Gasteiger partial charge in [-0.15, -0.1) is 0 Å². The number of thiophene rings is 1. The van der Waals surface area contributed by atoms with Crippen molar-refractivity contribution >= 4 is 28.8 Å². The molecule has 0 unspecified atom stereocenters. The maximum Gasteiger partial charge on any atom is 0.252 e. The van der Waals surface area contributed by atoms with E-state index in [0.717, 1.165) is 17.8 Å². The summed E-state index contributed by atoms with van der Waals surface area (Å²) in [5.74, 6) is -0.130. The number of carbonyl (C=O) groups excluding carboxylic acids is 2. The molecule has 5 nitrogen and oxygen atoms in total. The summed E-state index contributed by atoms with van der Waals surface area (Å²) < 4.78 is 0. The molecule has 128 valence electrons. The lowest BCUT2D eigenvalue weighted by atomic mass is 10.2. The normalized spacial score (nSPS) is 10.6. The van der Waals surface area contributed by atoms with Crippen LogP contribution in [-0.4, -0.2) is 37.4 Å². The van der Waals surface area contributed by atoms with E-state index >= 15 is 0 Å². The predicted octanol–water partition coefficient (Wildman–Crippen LogP) is 2.96. The van der Waals surface area contributed by atoms with Crippen LogP contribution in [0.5, 0.6) is 0 Å². The first-order chi connectivity index (χ1) is 11.5. The summed E-state index contributed by atoms with van der Waals surface area (Å²) in [6.45, 7) is 1.32. The highest BCUT2D eigenvalue weighted by atomic mass is 32.1. The monoisotopic (exact) mass is 345 g/mol. The van der Waals surface area contributed by atoms with Crippen molar-refractivity contribution in [1.82, 2.24) is 10.2 Å². The first-order valence-corrected chi connectivity index (χ1v) is 8.83. The molecule has 2 aromatic rings. The molecule has 0 fully saturated rings. The second-order valence-corrected chi connectivity index (χ2v) is 6.64. The van der Waals surface area contributed by atoms with E-state index in [0.29, 0.717) is 24.9 Å². The van der Waals surface area contributed by atoms with Crippen molar-refractivity contribution in [3.05, 3.63) is 52.2 Å². The summed E-state index contributed by atoms with van der Waals surface area (Å²) in [5.41, 5.74) is 2.63. The minimum Gasteiger partial charge on any atom is -0.352 e. The first kappa shape index (κ1) is 18.2. The van der Waals surface area contributed by atoms with E-state index in [1.54, 1.807) is 6.07 Å². The lowest BCUT2D eigenvalue weighted by molar-refractivity contribution is -0.116. The van der Waals surface area contributed by atoms with Crippen molar-refractivity contribution in [3.8, 4) is 0 Å². The summed E-state index contributed by atoms with van der Waals surface area (Å²) in [7, 11) is 4.02. The molecule has 0 saturated heterocycles. The van der Waals surface area contributed by atoms with E-state index in [1.165, 1.54) is 11.3 Å². The van der Waals surface area contributed by atoms with E-state index in [-0.39, 0.29) is 11.8 Å². The Labute approximate surface area is 146 Å². The van der Waals surface area contributed by atoms with Crippen LogP contribution in [0.2, 0.25) is 0 Å². The second-order valence-electron chi connectivity index (χ2n) is 5.86. The van der Waals surface area contributed by atoms with E-state index < -0.39 is 0 Å². The van der Waals surface area contributed by atoms with Gasteiger partial charge in [-0.1, -0.05) is 12.1 Å². The molecule has 0 spiro atoms. The molecule has 6 heteroatoms. The Morgan fingerprint density at radius 3 is 2.75 bits per heavy atom. The average molecular weight is 345 g/mol. The van der Waals surface area contributed by atoms with Gasteiger partial charge in [-0.25, -0.2) is 0 Å². The molecule has 2 amide bonds. The van der Waals surface area contributed by atoms with Crippen LogP contribution in [0.4, 0.5) is 5.69 Å². The Hall–Kier alpha value is -2.18. The van der Waals surface area contributed by atoms with Crippen molar-refractivity contribution < 1.29 is 9.59 Å². The number of carbonyl (C=O) groups is 2. The van der Waals surface area contributed by atoms with Gasteiger partial charge < -0.3 is 15.5 Å². The van der Waals surface area contributed by atoms with Crippen LogP contribution in [0.1, 0.15) is 28.8 Å². The molecule has 0 bridgehead atoms. The van der Waals surface area contributed by atoms with Crippen LogP contribution in [0.3, 0.4) is 0 Å². The van der Waals surface area contributed by atoms with E-state index in [1.807, 2.05) is 49.1 Å². The number of amides is 2. The van der Waals surface area contributed by atoms with Crippen LogP contribution in [0, 0.1) is 0 Å². The fourth-order valence-electron chi connectivity index (χ4n) is 2.28. The first-order valence-electron chi connectivity index (χ1n) is 7.88. The number of rotatable bonds is 8. The topological polar surface area (TPSA) is 61.4 Å². The second kappa shape index (κ2) is 9.20. The Bertz CT molecular complexity index is 669. The van der Waals surface area contributed by atoms with Gasteiger partial charge in [-0.05, 0) is 49.7 Å². The minimum absolute atomic E-state index is 0.0400. The zero-order valence-corrected chi connectivity index (χ0v) is 14.9. The van der Waals surface area contributed by atoms with E-state index in [9.17, 15) is 9.59 Å². The Morgan fingerprint density at radius 1 is 1.21 bits per heavy atom. The summed E-state index contributed by atoms with van der Waals surface area (Å²) in [5, 5.41) is 9.40. The number of hydrogen-bond acceptors (Lipinski definition) is 4. The van der Waals surface area contributed by atoms with Gasteiger partial charge in [-0.2, -0.15) is 11.3 Å². The van der Waals surface area contributed by atoms with Gasteiger partial charge in [0, 0.05) is 36.1 Å². The van der Waals surface area contributed by atoms with Crippen LogP contribution in [-0.2, 0) is 11.3 Å². The van der Waals surface area contributed by atoms with Gasteiger partial charge in [-0.3, -0.25) is 9.59 Å². The molecule has 0 radical (unpaired) electrons. The van der Waals surface area contributed by atoms with Crippen molar-refractivity contribution in [2.24, 2.45) is 0 Å². The smallest absolute Gasteiger partial charge is 0.252 e. The van der Waals surface area contributed by atoms with Gasteiger partial charge in [0.2, 0.25) is 5.91 Å². The van der Waals surface area contributed by atoms with Crippen LogP contribution in [0.25, 0.3) is 0 Å². The maximum absolute atomic E-state index is 12.0. The molecular weight excluding hydrogens is 322 g/mol. The molecule has 0 saturated carbocycles. The van der Waals surface area contributed by atoms with Gasteiger partial charge in [0.15, 0.2) is 0 Å². The molecule has 1 aromatic heterocycles. The summed E-state index contributed by atoms with van der Waals surface area (Å²) in [4.78, 5) is 25.8. The molecule has 0 aliphatic rings. The molecule has 2 N–H and O–H groups in total.